The molecule has 0 bridgehead atoms. The molecule has 5 saturated carbocycles. The molecular weight excluding hydrogens is 1020 g/mol. The largest absolute Gasteiger partial charge is 0.505 e. The third kappa shape index (κ3) is 9.08. The molecule has 80 heavy (non-hydrogen) atoms. The maximum Gasteiger partial charge on any atom is 0.303 e. The summed E-state index contributed by atoms with van der Waals surface area (Å²) in [6.07, 6.45) is 9.44. The predicted molar refractivity (Wildman–Crippen MR) is 296 cm³/mol. The molecule has 0 aromatic rings. The van der Waals surface area contributed by atoms with E-state index in [4.69, 9.17) is 9.47 Å². The van der Waals surface area contributed by atoms with Crippen molar-refractivity contribution in [2.24, 2.45) is 78.8 Å². The van der Waals surface area contributed by atoms with Crippen LogP contribution in [0.15, 0.2) is 59.4 Å². The van der Waals surface area contributed by atoms with Crippen LogP contribution in [0.25, 0.3) is 0 Å². The number of Topliss-reactive ketones (excluding diaryl/α,β-unsaturated/α-hetero) is 4. The summed E-state index contributed by atoms with van der Waals surface area (Å²) in [6.45, 7) is 30.7. The zero-order valence-corrected chi connectivity index (χ0v) is 50.5. The molecule has 0 spiro atoms. The van der Waals surface area contributed by atoms with E-state index in [0.717, 1.165) is 11.1 Å². The predicted octanol–water partition coefficient (Wildman–Crippen LogP) is 7.69. The molecule has 8 aliphatic carbocycles. The van der Waals surface area contributed by atoms with Crippen molar-refractivity contribution in [3.05, 3.63) is 59.4 Å². The SMILES string of the molecule is CC(=O)OC(C)(C)/C=C/C(=O)[C@](C)(O)[C@H]1[C@H](O)C[C@@]2(C)[C@@H]3CC=C4[C@@H](C=C(O)C(=O)C4(C)C)[C@]3(C)C(=O)C[C@]12C.CC(=O)OC(C)(C)/C=C/C(=O)[C@](C)(O)[C@H]1[C@H](O)C[C@@]2(C)[C@@H]3CC=C4[C@@H](C[C@H](O)C(=O)C4(C)C)[C@]3(C)C(=O)C[C@]12C. The topological polar surface area (TPSA) is 276 Å². The molecule has 0 aliphatic heterocycles. The van der Waals surface area contributed by atoms with Crippen molar-refractivity contribution < 1.29 is 78.5 Å². The highest BCUT2D eigenvalue weighted by Gasteiger charge is 2.76. The van der Waals surface area contributed by atoms with Gasteiger partial charge in [-0.2, -0.15) is 0 Å². The Morgan fingerprint density at radius 2 is 0.975 bits per heavy atom. The lowest BCUT2D eigenvalue weighted by Gasteiger charge is -2.64. The number of allylic oxidation sites excluding steroid dienone is 6. The molecule has 0 radical (unpaired) electrons. The number of aliphatic hydroxyl groups is 6. The molecule has 0 aromatic carbocycles. The van der Waals surface area contributed by atoms with Gasteiger partial charge in [0, 0.05) is 60.7 Å². The van der Waals surface area contributed by atoms with Gasteiger partial charge in [0.2, 0.25) is 5.78 Å². The Labute approximate surface area is 472 Å². The van der Waals surface area contributed by atoms with E-state index in [1.165, 1.54) is 58.1 Å². The van der Waals surface area contributed by atoms with Gasteiger partial charge in [0.05, 0.1) is 17.6 Å². The first kappa shape index (κ1) is 62.9. The summed E-state index contributed by atoms with van der Waals surface area (Å²) in [5.74, 6) is -6.46. The molecule has 0 aromatic heterocycles. The Kier molecular flexibility index (Phi) is 15.3. The lowest BCUT2D eigenvalue weighted by Crippen LogP contribution is -2.65. The maximum atomic E-state index is 14.3. The van der Waals surface area contributed by atoms with Gasteiger partial charge in [-0.3, -0.25) is 38.4 Å². The van der Waals surface area contributed by atoms with Crippen LogP contribution in [-0.4, -0.2) is 118 Å². The van der Waals surface area contributed by atoms with E-state index in [-0.39, 0.29) is 72.3 Å². The first-order valence-electron chi connectivity index (χ1n) is 28.5. The first-order chi connectivity index (χ1) is 36.1. The fourth-order valence-corrected chi connectivity index (χ4v) is 18.4. The van der Waals surface area contributed by atoms with Gasteiger partial charge in [-0.1, -0.05) is 64.8 Å². The van der Waals surface area contributed by atoms with Gasteiger partial charge in [0.1, 0.15) is 40.1 Å². The zero-order chi connectivity index (χ0) is 60.9. The molecule has 17 atom stereocenters. The fraction of sp³-hybridized carbons (Fsp3) is 0.719. The van der Waals surface area contributed by atoms with Crippen LogP contribution in [0.4, 0.5) is 0 Å². The number of aliphatic hydroxyl groups excluding tert-OH is 4. The summed E-state index contributed by atoms with van der Waals surface area (Å²) >= 11 is 0. The van der Waals surface area contributed by atoms with Crippen LogP contribution in [0.5, 0.6) is 0 Å². The van der Waals surface area contributed by atoms with Crippen molar-refractivity contribution in [2.45, 2.75) is 210 Å². The van der Waals surface area contributed by atoms with Crippen molar-refractivity contribution in [1.29, 1.82) is 0 Å². The number of ether oxygens (including phenoxy) is 2. The Morgan fingerprint density at radius 1 is 0.588 bits per heavy atom. The number of hydrogen-bond acceptors (Lipinski definition) is 16. The average molecular weight is 1120 g/mol. The molecular formula is C64H90O16. The molecule has 0 amide bonds. The summed E-state index contributed by atoms with van der Waals surface area (Å²) in [6, 6.07) is 0. The highest BCUT2D eigenvalue weighted by Crippen LogP contribution is 2.76. The lowest BCUT2D eigenvalue weighted by molar-refractivity contribution is -0.183. The van der Waals surface area contributed by atoms with E-state index in [0.29, 0.717) is 19.3 Å². The third-order valence-electron chi connectivity index (χ3n) is 22.7. The van der Waals surface area contributed by atoms with Crippen LogP contribution < -0.4 is 0 Å². The van der Waals surface area contributed by atoms with E-state index < -0.39 is 125 Å². The van der Waals surface area contributed by atoms with Gasteiger partial charge in [-0.05, 0) is 171 Å². The van der Waals surface area contributed by atoms with Crippen LogP contribution in [-0.2, 0) is 47.8 Å². The summed E-state index contributed by atoms with van der Waals surface area (Å²) < 4.78 is 10.5. The fourth-order valence-electron chi connectivity index (χ4n) is 18.4. The van der Waals surface area contributed by atoms with Crippen molar-refractivity contribution in [3.8, 4) is 0 Å². The van der Waals surface area contributed by atoms with Crippen LogP contribution >= 0.6 is 0 Å². The summed E-state index contributed by atoms with van der Waals surface area (Å²) in [4.78, 5) is 104. The van der Waals surface area contributed by atoms with Crippen molar-refractivity contribution in [1.82, 2.24) is 0 Å². The number of carbonyl (C=O) groups is 8. The molecule has 6 N–H and O–H groups in total. The van der Waals surface area contributed by atoms with Gasteiger partial charge in [0.15, 0.2) is 23.1 Å². The second-order valence-corrected chi connectivity index (χ2v) is 29.2. The highest BCUT2D eigenvalue weighted by molar-refractivity contribution is 6.02. The van der Waals surface area contributed by atoms with E-state index in [2.05, 4.69) is 13.0 Å². The van der Waals surface area contributed by atoms with Crippen LogP contribution in [0, 0.1) is 78.8 Å². The highest BCUT2D eigenvalue weighted by atomic mass is 16.6. The minimum absolute atomic E-state index is 0.0249. The number of hydrogen-bond donors (Lipinski definition) is 6. The number of carbonyl (C=O) groups excluding carboxylic acids is 8. The number of fused-ring (bicyclic) bond motifs is 10. The Balaban J connectivity index is 0.000000231. The van der Waals surface area contributed by atoms with Gasteiger partial charge in [-0.15, -0.1) is 0 Å². The molecule has 8 aliphatic rings. The maximum absolute atomic E-state index is 14.3. The van der Waals surface area contributed by atoms with Crippen molar-refractivity contribution >= 4 is 46.6 Å². The van der Waals surface area contributed by atoms with Crippen molar-refractivity contribution in [2.75, 3.05) is 0 Å². The van der Waals surface area contributed by atoms with Gasteiger partial charge in [0.25, 0.3) is 0 Å². The third-order valence-corrected chi connectivity index (χ3v) is 22.7. The second kappa shape index (κ2) is 19.4. The molecule has 5 fully saturated rings. The summed E-state index contributed by atoms with van der Waals surface area (Å²) in [7, 11) is 0. The molecule has 16 nitrogen and oxygen atoms in total. The van der Waals surface area contributed by atoms with Gasteiger partial charge >= 0.3 is 11.9 Å². The van der Waals surface area contributed by atoms with E-state index in [1.54, 1.807) is 41.5 Å². The van der Waals surface area contributed by atoms with E-state index >= 15 is 0 Å². The number of rotatable bonds is 10. The van der Waals surface area contributed by atoms with Gasteiger partial charge < -0.3 is 40.1 Å². The molecule has 0 unspecified atom stereocenters. The Hall–Kier alpha value is -4.74. The second-order valence-electron chi connectivity index (χ2n) is 29.2. The van der Waals surface area contributed by atoms with E-state index in [9.17, 15) is 69.0 Å². The summed E-state index contributed by atoms with van der Waals surface area (Å²) in [5.41, 5.74) is -11.1. The normalized spacial score (nSPS) is 41.4. The minimum atomic E-state index is -2.00. The molecule has 442 valence electrons. The summed E-state index contributed by atoms with van der Waals surface area (Å²) in [5, 5.41) is 67.8. The standard InChI is InChI=1S/C32H46O8.C32H44O8/c2*1-17(33)40-27(2,3)13-12-23(36)32(9,39)25-21(35)15-29(6)22-11-10-18-19(14-20(34)26(38)28(18,4)5)31(22,8)24(37)16-30(25,29)7/h10,12-13,19-22,25,34-35,39H,11,14-16H2,1-9H3;10,12-14,19,21-22,25,34-35,39H,11,15-16H2,1-9H3/b2*13-12+/t19-,20+,21-,22+,25+,29+,30-,31+,32+;19-,21-,22+,25+,29+,30-,31+,32+/m11/s1. The minimum Gasteiger partial charge on any atom is -0.505 e. The quantitative estimate of drug-likeness (QED) is 0.0695. The Bertz CT molecular complexity index is 2850. The molecule has 8 rings (SSSR count). The van der Waals surface area contributed by atoms with Crippen LogP contribution in [0.3, 0.4) is 0 Å². The smallest absolute Gasteiger partial charge is 0.303 e. The van der Waals surface area contributed by atoms with E-state index in [1.807, 2.05) is 54.5 Å². The van der Waals surface area contributed by atoms with Crippen LogP contribution in [0.1, 0.15) is 170 Å². The van der Waals surface area contributed by atoms with Crippen LogP contribution in [0.2, 0.25) is 0 Å². The zero-order valence-electron chi connectivity index (χ0n) is 50.5. The number of esters is 2. The average Bonchev–Trinajstić information content (AvgIpc) is 3.65. The van der Waals surface area contributed by atoms with Gasteiger partial charge in [-0.25, -0.2) is 0 Å². The molecule has 16 heteroatoms. The monoisotopic (exact) mass is 1110 g/mol. The lowest BCUT2D eigenvalue weighted by atomic mass is 9.38. The number of ketones is 6. The Morgan fingerprint density at radius 3 is 1.39 bits per heavy atom. The first-order valence-corrected chi connectivity index (χ1v) is 28.5. The van der Waals surface area contributed by atoms with Crippen molar-refractivity contribution in [3.63, 3.8) is 0 Å². The molecule has 0 heterocycles. The molecule has 0 saturated heterocycles.